The third-order valence-corrected chi connectivity index (χ3v) is 9.55. The van der Waals surface area contributed by atoms with Crippen LogP contribution in [0.4, 0.5) is 5.69 Å². The van der Waals surface area contributed by atoms with Gasteiger partial charge in [-0.25, -0.2) is 9.88 Å². The number of fused-ring (bicyclic) bond motifs is 1. The van der Waals surface area contributed by atoms with Crippen LogP contribution in [0.1, 0.15) is 37.1 Å². The Hall–Kier alpha value is -3.97. The number of benzene rings is 5. The first kappa shape index (κ1) is 24.1. The number of carbonyl (C=O) groups excluding carboxylic acids is 2. The van der Waals surface area contributed by atoms with Crippen molar-refractivity contribution in [3.05, 3.63) is 136 Å². The Morgan fingerprint density at radius 3 is 2.10 bits per heavy atom. The van der Waals surface area contributed by atoms with Crippen molar-refractivity contribution in [3.63, 3.8) is 0 Å². The SMILES string of the molecule is O=C1c2cccc3cccc(c23)C(=O)N1c1ccc2nc(S[C@@H](c3ccccc3)c3ccc(Cl)cc3)sc2c1. The molecule has 0 saturated heterocycles. The van der Waals surface area contributed by atoms with Gasteiger partial charge in [-0.15, -0.1) is 11.3 Å². The largest absolute Gasteiger partial charge is 0.268 e. The van der Waals surface area contributed by atoms with Gasteiger partial charge in [-0.1, -0.05) is 90.1 Å². The van der Waals surface area contributed by atoms with Crippen molar-refractivity contribution >= 4 is 73.2 Å². The average Bonchev–Trinajstić information content (AvgIpc) is 3.38. The van der Waals surface area contributed by atoms with Crippen LogP contribution in [-0.2, 0) is 0 Å². The molecule has 0 aliphatic carbocycles. The van der Waals surface area contributed by atoms with Crippen LogP contribution in [0, 0.1) is 0 Å². The second-order valence-corrected chi connectivity index (χ2v) is 12.1. The predicted molar refractivity (Wildman–Crippen MR) is 160 cm³/mol. The van der Waals surface area contributed by atoms with Gasteiger partial charge < -0.3 is 0 Å². The minimum absolute atomic E-state index is 0.0331. The molecule has 1 aliphatic heterocycles. The topological polar surface area (TPSA) is 50.3 Å². The Kier molecular flexibility index (Phi) is 5.96. The summed E-state index contributed by atoms with van der Waals surface area (Å²) in [5.41, 5.74) is 4.75. The maximum absolute atomic E-state index is 13.5. The van der Waals surface area contributed by atoms with Crippen molar-refractivity contribution in [1.29, 1.82) is 0 Å². The highest BCUT2D eigenvalue weighted by Crippen LogP contribution is 2.44. The second-order valence-electron chi connectivity index (χ2n) is 9.25. The molecule has 39 heavy (non-hydrogen) atoms. The highest BCUT2D eigenvalue weighted by atomic mass is 35.5. The zero-order valence-corrected chi connectivity index (χ0v) is 22.8. The van der Waals surface area contributed by atoms with E-state index >= 15 is 0 Å². The number of carbonyl (C=O) groups is 2. The fraction of sp³-hybridized carbons (Fsp3) is 0.0312. The maximum Gasteiger partial charge on any atom is 0.265 e. The molecule has 0 fully saturated rings. The number of aromatic nitrogens is 1. The summed E-state index contributed by atoms with van der Waals surface area (Å²) < 4.78 is 1.81. The van der Waals surface area contributed by atoms with E-state index in [1.54, 1.807) is 41.3 Å². The summed E-state index contributed by atoms with van der Waals surface area (Å²) in [7, 11) is 0. The first-order chi connectivity index (χ1) is 19.1. The number of thiazole rings is 1. The minimum atomic E-state index is -0.311. The van der Waals surface area contributed by atoms with Crippen LogP contribution in [0.25, 0.3) is 21.0 Å². The minimum Gasteiger partial charge on any atom is -0.268 e. The molecule has 0 saturated carbocycles. The predicted octanol–water partition coefficient (Wildman–Crippen LogP) is 8.79. The van der Waals surface area contributed by atoms with E-state index in [9.17, 15) is 9.59 Å². The van der Waals surface area contributed by atoms with Crippen molar-refractivity contribution in [2.24, 2.45) is 0 Å². The molecule has 2 amide bonds. The van der Waals surface area contributed by atoms with Gasteiger partial charge in [-0.2, -0.15) is 0 Å². The number of rotatable bonds is 5. The van der Waals surface area contributed by atoms with Crippen LogP contribution in [0.5, 0.6) is 0 Å². The van der Waals surface area contributed by atoms with E-state index in [2.05, 4.69) is 12.1 Å². The van der Waals surface area contributed by atoms with Gasteiger partial charge in [0, 0.05) is 21.5 Å². The molecule has 1 atom stereocenters. The van der Waals surface area contributed by atoms with Gasteiger partial charge in [0.25, 0.3) is 11.8 Å². The van der Waals surface area contributed by atoms with Crippen molar-refractivity contribution in [2.45, 2.75) is 9.59 Å². The Balaban J connectivity index is 1.25. The van der Waals surface area contributed by atoms with E-state index in [1.807, 2.05) is 78.9 Å². The molecule has 0 spiro atoms. The molecule has 7 heteroatoms. The molecule has 0 N–H and O–H groups in total. The molecule has 188 valence electrons. The molecular formula is C32H19ClN2O2S2. The highest BCUT2D eigenvalue weighted by molar-refractivity contribution is 8.01. The lowest BCUT2D eigenvalue weighted by Crippen LogP contribution is -2.40. The number of amides is 2. The number of hydrogen-bond acceptors (Lipinski definition) is 5. The third-order valence-electron chi connectivity index (χ3n) is 6.88. The standard InChI is InChI=1S/C32H19ClN2O2S2/c33-22-14-12-21(13-15-22)29(20-6-2-1-3-7-20)39-32-34-26-17-16-23(18-27(26)38-32)35-30(36)24-10-4-8-19-9-5-11-25(28(19)24)31(35)37/h1-18,29H/t29-/m0/s1. The Morgan fingerprint density at radius 1 is 0.744 bits per heavy atom. The van der Waals surface area contributed by atoms with Gasteiger partial charge in [0.15, 0.2) is 4.34 Å². The van der Waals surface area contributed by atoms with Crippen LogP contribution in [-0.4, -0.2) is 16.8 Å². The van der Waals surface area contributed by atoms with Crippen LogP contribution in [0.2, 0.25) is 5.02 Å². The summed E-state index contributed by atoms with van der Waals surface area (Å²) in [4.78, 5) is 33.2. The van der Waals surface area contributed by atoms with E-state index in [0.29, 0.717) is 21.8 Å². The van der Waals surface area contributed by atoms with Crippen molar-refractivity contribution < 1.29 is 9.59 Å². The van der Waals surface area contributed by atoms with Crippen molar-refractivity contribution in [1.82, 2.24) is 4.98 Å². The smallest absolute Gasteiger partial charge is 0.265 e. The molecule has 6 aromatic rings. The van der Waals surface area contributed by atoms with Gasteiger partial charge in [0.05, 0.1) is 21.2 Å². The van der Waals surface area contributed by atoms with E-state index in [4.69, 9.17) is 16.6 Å². The fourth-order valence-electron chi connectivity index (χ4n) is 5.04. The van der Waals surface area contributed by atoms with Gasteiger partial charge in [0.2, 0.25) is 0 Å². The number of anilines is 1. The van der Waals surface area contributed by atoms with Crippen molar-refractivity contribution in [3.8, 4) is 0 Å². The van der Waals surface area contributed by atoms with Crippen LogP contribution in [0.15, 0.2) is 114 Å². The van der Waals surface area contributed by atoms with Crippen LogP contribution in [0.3, 0.4) is 0 Å². The molecule has 1 aliphatic rings. The molecule has 2 heterocycles. The Bertz CT molecular complexity index is 1850. The van der Waals surface area contributed by atoms with Gasteiger partial charge >= 0.3 is 0 Å². The third kappa shape index (κ3) is 4.21. The fourth-order valence-corrected chi connectivity index (χ4v) is 7.59. The van der Waals surface area contributed by atoms with Gasteiger partial charge in [0.1, 0.15) is 0 Å². The normalized spacial score (nSPS) is 13.8. The molecule has 0 bridgehead atoms. The van der Waals surface area contributed by atoms with E-state index in [0.717, 1.165) is 30.9 Å². The quantitative estimate of drug-likeness (QED) is 0.156. The molecule has 5 aromatic carbocycles. The van der Waals surface area contributed by atoms with Gasteiger partial charge in [-0.05, 0) is 59.0 Å². The van der Waals surface area contributed by atoms with Crippen molar-refractivity contribution in [2.75, 3.05) is 4.90 Å². The van der Waals surface area contributed by atoms with E-state index in [-0.39, 0.29) is 17.1 Å². The zero-order chi connectivity index (χ0) is 26.5. The number of imide groups is 1. The molecule has 4 nitrogen and oxygen atoms in total. The second kappa shape index (κ2) is 9.65. The molecule has 1 aromatic heterocycles. The molecular weight excluding hydrogens is 544 g/mol. The number of halogens is 1. The summed E-state index contributed by atoms with van der Waals surface area (Å²) in [6, 6.07) is 34.9. The summed E-state index contributed by atoms with van der Waals surface area (Å²) in [5, 5.41) is 2.34. The lowest BCUT2D eigenvalue weighted by Gasteiger charge is -2.27. The molecule has 0 unspecified atom stereocenters. The van der Waals surface area contributed by atoms with Crippen LogP contribution < -0.4 is 4.90 Å². The summed E-state index contributed by atoms with van der Waals surface area (Å²) in [6.07, 6.45) is 0. The van der Waals surface area contributed by atoms with Gasteiger partial charge in [-0.3, -0.25) is 9.59 Å². The monoisotopic (exact) mass is 562 g/mol. The zero-order valence-electron chi connectivity index (χ0n) is 20.4. The van der Waals surface area contributed by atoms with E-state index < -0.39 is 0 Å². The molecule has 0 radical (unpaired) electrons. The number of nitrogens with zero attached hydrogens (tertiary/aromatic N) is 2. The highest BCUT2D eigenvalue weighted by Gasteiger charge is 2.34. The Morgan fingerprint density at radius 2 is 1.41 bits per heavy atom. The van der Waals surface area contributed by atoms with E-state index in [1.165, 1.54) is 10.5 Å². The number of hydrogen-bond donors (Lipinski definition) is 0. The molecule has 7 rings (SSSR count). The average molecular weight is 563 g/mol. The summed E-state index contributed by atoms with van der Waals surface area (Å²) in [6.45, 7) is 0. The first-order valence-corrected chi connectivity index (χ1v) is 14.4. The maximum atomic E-state index is 13.5. The summed E-state index contributed by atoms with van der Waals surface area (Å²) >= 11 is 9.39. The summed E-state index contributed by atoms with van der Waals surface area (Å²) in [5.74, 6) is -0.621. The van der Waals surface area contributed by atoms with Crippen LogP contribution >= 0.6 is 34.7 Å². The lowest BCUT2D eigenvalue weighted by atomic mass is 9.94. The Labute approximate surface area is 237 Å². The first-order valence-electron chi connectivity index (χ1n) is 12.3. The lowest BCUT2D eigenvalue weighted by molar-refractivity contribution is 0.0893. The number of thioether (sulfide) groups is 1.